The molecule has 0 fully saturated rings. The van der Waals surface area contributed by atoms with Crippen LogP contribution in [0.4, 0.5) is 16.5 Å². The Balaban J connectivity index is 2.19. The summed E-state index contributed by atoms with van der Waals surface area (Å²) in [4.78, 5) is 17.0. The molecule has 88 valence electrons. The summed E-state index contributed by atoms with van der Waals surface area (Å²) in [5.41, 5.74) is 12.6. The molecule has 5 N–H and O–H groups in total. The summed E-state index contributed by atoms with van der Waals surface area (Å²) in [7, 11) is 0. The van der Waals surface area contributed by atoms with Gasteiger partial charge in [0.1, 0.15) is 0 Å². The van der Waals surface area contributed by atoms with Crippen molar-refractivity contribution in [1.29, 1.82) is 0 Å². The van der Waals surface area contributed by atoms with Crippen LogP contribution in [0.2, 0.25) is 0 Å². The van der Waals surface area contributed by atoms with Gasteiger partial charge in [0.15, 0.2) is 5.13 Å². The van der Waals surface area contributed by atoms with Gasteiger partial charge in [-0.25, -0.2) is 4.98 Å². The first-order valence-electron chi connectivity index (χ1n) is 4.94. The van der Waals surface area contributed by atoms with Gasteiger partial charge in [0.25, 0.3) is 5.91 Å². The van der Waals surface area contributed by atoms with E-state index in [1.807, 2.05) is 6.92 Å². The molecule has 0 aliphatic carbocycles. The monoisotopic (exact) mass is 248 g/mol. The van der Waals surface area contributed by atoms with Gasteiger partial charge >= 0.3 is 0 Å². The third-order valence-corrected chi connectivity index (χ3v) is 2.91. The van der Waals surface area contributed by atoms with Gasteiger partial charge in [-0.2, -0.15) is 0 Å². The van der Waals surface area contributed by atoms with E-state index in [0.717, 1.165) is 4.88 Å². The number of nitrogens with one attached hydrogen (secondary N) is 1. The van der Waals surface area contributed by atoms with Crippen molar-refractivity contribution in [1.82, 2.24) is 4.98 Å². The second-order valence-electron chi connectivity index (χ2n) is 3.62. The molecule has 1 aromatic heterocycles. The van der Waals surface area contributed by atoms with Gasteiger partial charge in [-0.3, -0.25) is 10.1 Å². The Hall–Kier alpha value is -2.08. The number of thiazole rings is 1. The van der Waals surface area contributed by atoms with E-state index in [0.29, 0.717) is 22.1 Å². The standard InChI is InChI=1S/C11H12N4OS/c1-6-5-14-11(17-6)15-10(16)7-2-8(12)4-9(13)3-7/h2-5H,12-13H2,1H3,(H,14,15,16). The van der Waals surface area contributed by atoms with Crippen molar-refractivity contribution in [3.05, 3.63) is 34.8 Å². The average Bonchev–Trinajstić information content (AvgIpc) is 2.62. The van der Waals surface area contributed by atoms with Crippen molar-refractivity contribution in [2.75, 3.05) is 16.8 Å². The quantitative estimate of drug-likeness (QED) is 0.707. The van der Waals surface area contributed by atoms with Crippen LogP contribution in [0, 0.1) is 6.92 Å². The van der Waals surface area contributed by atoms with Crippen LogP contribution in [0.1, 0.15) is 15.2 Å². The van der Waals surface area contributed by atoms with Crippen molar-refractivity contribution in [2.45, 2.75) is 6.92 Å². The Morgan fingerprint density at radius 1 is 1.29 bits per heavy atom. The number of nitrogens with two attached hydrogens (primary N) is 2. The fourth-order valence-corrected chi connectivity index (χ4v) is 2.05. The Labute approximate surface area is 102 Å². The maximum Gasteiger partial charge on any atom is 0.257 e. The van der Waals surface area contributed by atoms with Crippen LogP contribution in [0.3, 0.4) is 0 Å². The van der Waals surface area contributed by atoms with Crippen LogP contribution in [-0.2, 0) is 0 Å². The van der Waals surface area contributed by atoms with Crippen LogP contribution >= 0.6 is 11.3 Å². The largest absolute Gasteiger partial charge is 0.399 e. The number of carbonyl (C=O) groups is 1. The first kappa shape index (κ1) is 11.4. The van der Waals surface area contributed by atoms with Crippen LogP contribution in [0.15, 0.2) is 24.4 Å². The smallest absolute Gasteiger partial charge is 0.257 e. The Morgan fingerprint density at radius 2 is 1.94 bits per heavy atom. The number of aryl methyl sites for hydroxylation is 1. The zero-order chi connectivity index (χ0) is 12.4. The van der Waals surface area contributed by atoms with Crippen molar-refractivity contribution in [3.63, 3.8) is 0 Å². The second kappa shape index (κ2) is 4.42. The summed E-state index contributed by atoms with van der Waals surface area (Å²) < 4.78 is 0. The Bertz CT molecular complexity index is 544. The predicted molar refractivity (Wildman–Crippen MR) is 70.1 cm³/mol. The third-order valence-electron chi connectivity index (χ3n) is 2.08. The summed E-state index contributed by atoms with van der Waals surface area (Å²) in [6.07, 6.45) is 1.70. The Morgan fingerprint density at radius 3 is 2.47 bits per heavy atom. The normalized spacial score (nSPS) is 10.2. The maximum atomic E-state index is 11.9. The minimum atomic E-state index is -0.265. The second-order valence-corrected chi connectivity index (χ2v) is 4.85. The summed E-state index contributed by atoms with van der Waals surface area (Å²) in [5, 5.41) is 3.25. The highest BCUT2D eigenvalue weighted by molar-refractivity contribution is 7.15. The number of aromatic nitrogens is 1. The van der Waals surface area contributed by atoms with E-state index in [9.17, 15) is 4.79 Å². The number of hydrogen-bond donors (Lipinski definition) is 3. The lowest BCUT2D eigenvalue weighted by molar-refractivity contribution is 0.102. The van der Waals surface area contributed by atoms with Crippen LogP contribution in [-0.4, -0.2) is 10.9 Å². The van der Waals surface area contributed by atoms with E-state index in [2.05, 4.69) is 10.3 Å². The molecule has 1 amide bonds. The molecule has 2 rings (SSSR count). The number of hydrogen-bond acceptors (Lipinski definition) is 5. The first-order chi connectivity index (χ1) is 8.04. The molecule has 0 bridgehead atoms. The topological polar surface area (TPSA) is 94.0 Å². The highest BCUT2D eigenvalue weighted by Gasteiger charge is 2.09. The van der Waals surface area contributed by atoms with Crippen molar-refractivity contribution < 1.29 is 4.79 Å². The molecule has 0 aliphatic rings. The van der Waals surface area contributed by atoms with E-state index < -0.39 is 0 Å². The van der Waals surface area contributed by atoms with E-state index in [1.165, 1.54) is 11.3 Å². The van der Waals surface area contributed by atoms with Gasteiger partial charge in [-0.15, -0.1) is 11.3 Å². The van der Waals surface area contributed by atoms with E-state index in [-0.39, 0.29) is 5.91 Å². The number of anilines is 3. The molecule has 0 saturated heterocycles. The fourth-order valence-electron chi connectivity index (χ4n) is 1.39. The van der Waals surface area contributed by atoms with Gasteiger partial charge in [-0.1, -0.05) is 0 Å². The lowest BCUT2D eigenvalue weighted by Gasteiger charge is -2.04. The van der Waals surface area contributed by atoms with Gasteiger partial charge < -0.3 is 11.5 Å². The molecule has 2 aromatic rings. The summed E-state index contributed by atoms with van der Waals surface area (Å²) in [6, 6.07) is 4.75. The highest BCUT2D eigenvalue weighted by Crippen LogP contribution is 2.19. The number of nitrogens with zero attached hydrogens (tertiary/aromatic N) is 1. The first-order valence-corrected chi connectivity index (χ1v) is 5.76. The molecule has 0 radical (unpaired) electrons. The number of carbonyl (C=O) groups excluding carboxylic acids is 1. The van der Waals surface area contributed by atoms with Crippen molar-refractivity contribution in [3.8, 4) is 0 Å². The maximum absolute atomic E-state index is 11.9. The highest BCUT2D eigenvalue weighted by atomic mass is 32.1. The van der Waals surface area contributed by atoms with Crippen molar-refractivity contribution >= 4 is 33.8 Å². The molecule has 0 atom stereocenters. The van der Waals surface area contributed by atoms with Crippen LogP contribution < -0.4 is 16.8 Å². The summed E-state index contributed by atoms with van der Waals surface area (Å²) in [5.74, 6) is -0.265. The molecule has 6 heteroatoms. The van der Waals surface area contributed by atoms with Gasteiger partial charge in [0.2, 0.25) is 0 Å². The lowest BCUT2D eigenvalue weighted by atomic mass is 10.1. The number of amides is 1. The average molecular weight is 248 g/mol. The van der Waals surface area contributed by atoms with Crippen molar-refractivity contribution in [2.24, 2.45) is 0 Å². The van der Waals surface area contributed by atoms with Gasteiger partial charge in [0.05, 0.1) is 0 Å². The zero-order valence-electron chi connectivity index (χ0n) is 9.23. The van der Waals surface area contributed by atoms with Crippen LogP contribution in [0.5, 0.6) is 0 Å². The minimum absolute atomic E-state index is 0.265. The summed E-state index contributed by atoms with van der Waals surface area (Å²) in [6.45, 7) is 1.92. The number of rotatable bonds is 2. The number of benzene rings is 1. The lowest BCUT2D eigenvalue weighted by Crippen LogP contribution is -2.12. The van der Waals surface area contributed by atoms with Crippen LogP contribution in [0.25, 0.3) is 0 Å². The SMILES string of the molecule is Cc1cnc(NC(=O)c2cc(N)cc(N)c2)s1. The summed E-state index contributed by atoms with van der Waals surface area (Å²) >= 11 is 1.41. The molecular formula is C11H12N4OS. The molecular weight excluding hydrogens is 236 g/mol. The molecule has 1 heterocycles. The van der Waals surface area contributed by atoms with Gasteiger partial charge in [-0.05, 0) is 25.1 Å². The number of nitrogen functional groups attached to an aromatic ring is 2. The molecule has 5 nitrogen and oxygen atoms in total. The molecule has 0 spiro atoms. The molecule has 17 heavy (non-hydrogen) atoms. The fraction of sp³-hybridized carbons (Fsp3) is 0.0909. The molecule has 0 saturated carbocycles. The molecule has 0 unspecified atom stereocenters. The predicted octanol–water partition coefficient (Wildman–Crippen LogP) is 1.87. The van der Waals surface area contributed by atoms with Gasteiger partial charge in [0, 0.05) is 28.0 Å². The zero-order valence-corrected chi connectivity index (χ0v) is 10.0. The molecule has 1 aromatic carbocycles. The Kier molecular flexibility index (Phi) is 2.97. The third kappa shape index (κ3) is 2.73. The minimum Gasteiger partial charge on any atom is -0.399 e. The van der Waals surface area contributed by atoms with E-state index in [4.69, 9.17) is 11.5 Å². The van der Waals surface area contributed by atoms with E-state index in [1.54, 1.807) is 24.4 Å². The molecule has 0 aliphatic heterocycles. The van der Waals surface area contributed by atoms with E-state index >= 15 is 0 Å².